The number of allylic oxidation sites excluding steroid dienone is 4. The first kappa shape index (κ1) is 23.2. The molecular formula is C28H33NO. The molecule has 0 bridgehead atoms. The fourth-order valence-electron chi connectivity index (χ4n) is 3.28. The van der Waals surface area contributed by atoms with E-state index in [9.17, 15) is 4.79 Å². The van der Waals surface area contributed by atoms with E-state index in [1.807, 2.05) is 73.7 Å². The number of ketones is 1. The summed E-state index contributed by atoms with van der Waals surface area (Å²) in [4.78, 5) is 15.3. The van der Waals surface area contributed by atoms with Gasteiger partial charge in [0.25, 0.3) is 0 Å². The molecule has 0 spiro atoms. The fraction of sp³-hybridized carbons (Fsp3) is 0.250. The molecule has 0 amide bonds. The van der Waals surface area contributed by atoms with Gasteiger partial charge < -0.3 is 4.90 Å². The summed E-state index contributed by atoms with van der Waals surface area (Å²) in [6.45, 7) is 16.0. The third kappa shape index (κ3) is 5.93. The SMILES string of the molecule is C=CCCN1C/C=C\C=C/C(=C)c2cc(C(=O)c3ccccc3C)ccc21.CCC. The van der Waals surface area contributed by atoms with E-state index in [4.69, 9.17) is 0 Å². The van der Waals surface area contributed by atoms with Crippen LogP contribution in [0, 0.1) is 6.92 Å². The van der Waals surface area contributed by atoms with Gasteiger partial charge in [0.2, 0.25) is 0 Å². The Morgan fingerprint density at radius 3 is 2.57 bits per heavy atom. The van der Waals surface area contributed by atoms with Gasteiger partial charge in [-0.2, -0.15) is 0 Å². The third-order valence-electron chi connectivity index (χ3n) is 4.81. The van der Waals surface area contributed by atoms with Gasteiger partial charge in [-0.3, -0.25) is 4.79 Å². The maximum Gasteiger partial charge on any atom is 0.193 e. The van der Waals surface area contributed by atoms with Gasteiger partial charge in [-0.25, -0.2) is 0 Å². The van der Waals surface area contributed by atoms with E-state index in [1.54, 1.807) is 0 Å². The highest BCUT2D eigenvalue weighted by Gasteiger charge is 2.17. The molecule has 2 heteroatoms. The summed E-state index contributed by atoms with van der Waals surface area (Å²) in [5.74, 6) is 0.0447. The van der Waals surface area contributed by atoms with Gasteiger partial charge in [0.15, 0.2) is 5.78 Å². The van der Waals surface area contributed by atoms with Crippen LogP contribution in [0.15, 0.2) is 86.0 Å². The summed E-state index contributed by atoms with van der Waals surface area (Å²) in [5.41, 5.74) is 5.42. The lowest BCUT2D eigenvalue weighted by atomic mass is 9.94. The Hall–Kier alpha value is -3.13. The van der Waals surface area contributed by atoms with E-state index in [2.05, 4.69) is 38.0 Å². The van der Waals surface area contributed by atoms with E-state index < -0.39 is 0 Å². The number of nitrogens with zero attached hydrogens (tertiary/aromatic N) is 1. The number of aryl methyl sites for hydroxylation is 1. The van der Waals surface area contributed by atoms with Gasteiger partial charge in [-0.15, -0.1) is 6.58 Å². The minimum absolute atomic E-state index is 0.0447. The summed E-state index contributed by atoms with van der Waals surface area (Å²) in [6.07, 6.45) is 12.2. The Bertz CT molecular complexity index is 949. The lowest BCUT2D eigenvalue weighted by Gasteiger charge is -2.26. The number of hydrogen-bond donors (Lipinski definition) is 0. The van der Waals surface area contributed by atoms with Crippen LogP contribution in [0.5, 0.6) is 0 Å². The second-order valence-corrected chi connectivity index (χ2v) is 7.42. The van der Waals surface area contributed by atoms with E-state index in [0.717, 1.165) is 47.5 Å². The zero-order chi connectivity index (χ0) is 21.9. The molecule has 0 N–H and O–H groups in total. The van der Waals surface area contributed by atoms with Crippen LogP contribution < -0.4 is 4.90 Å². The molecule has 0 unspecified atom stereocenters. The van der Waals surface area contributed by atoms with Crippen LogP contribution in [0.2, 0.25) is 0 Å². The summed E-state index contributed by atoms with van der Waals surface area (Å²) in [6, 6.07) is 13.7. The predicted octanol–water partition coefficient (Wildman–Crippen LogP) is 7.16. The number of benzene rings is 2. The molecular weight excluding hydrogens is 366 g/mol. The molecule has 0 aliphatic carbocycles. The van der Waals surface area contributed by atoms with Crippen molar-refractivity contribution in [3.63, 3.8) is 0 Å². The molecule has 2 nitrogen and oxygen atoms in total. The van der Waals surface area contributed by atoms with Gasteiger partial charge in [0.1, 0.15) is 0 Å². The first-order valence-electron chi connectivity index (χ1n) is 10.7. The number of fused-ring (bicyclic) bond motifs is 1. The quantitative estimate of drug-likeness (QED) is 0.392. The van der Waals surface area contributed by atoms with E-state index >= 15 is 0 Å². The van der Waals surface area contributed by atoms with Gasteiger partial charge in [-0.1, -0.05) is 81.5 Å². The van der Waals surface area contributed by atoms with Crippen molar-refractivity contribution in [2.24, 2.45) is 0 Å². The number of carbonyl (C=O) groups excluding carboxylic acids is 1. The maximum atomic E-state index is 13.0. The van der Waals surface area contributed by atoms with Crippen molar-refractivity contribution in [1.29, 1.82) is 0 Å². The molecule has 0 radical (unpaired) electrons. The molecule has 1 aliphatic heterocycles. The lowest BCUT2D eigenvalue weighted by Crippen LogP contribution is -2.25. The Kier molecular flexibility index (Phi) is 9.08. The number of hydrogen-bond acceptors (Lipinski definition) is 2. The highest BCUT2D eigenvalue weighted by atomic mass is 16.1. The molecule has 30 heavy (non-hydrogen) atoms. The fourth-order valence-corrected chi connectivity index (χ4v) is 3.28. The summed E-state index contributed by atoms with van der Waals surface area (Å²) >= 11 is 0. The van der Waals surface area contributed by atoms with E-state index in [0.29, 0.717) is 5.56 Å². The van der Waals surface area contributed by atoms with Crippen molar-refractivity contribution in [2.75, 3.05) is 18.0 Å². The van der Waals surface area contributed by atoms with Crippen molar-refractivity contribution in [3.05, 3.63) is 108 Å². The van der Waals surface area contributed by atoms with Crippen LogP contribution in [0.25, 0.3) is 5.57 Å². The minimum atomic E-state index is 0.0447. The van der Waals surface area contributed by atoms with Crippen molar-refractivity contribution < 1.29 is 4.79 Å². The summed E-state index contributed by atoms with van der Waals surface area (Å²) in [5, 5.41) is 0. The average Bonchev–Trinajstić information content (AvgIpc) is 2.82. The first-order valence-corrected chi connectivity index (χ1v) is 10.7. The number of rotatable bonds is 5. The molecule has 0 atom stereocenters. The molecule has 156 valence electrons. The predicted molar refractivity (Wildman–Crippen MR) is 131 cm³/mol. The Balaban J connectivity index is 0.00000101. The van der Waals surface area contributed by atoms with Crippen molar-refractivity contribution in [3.8, 4) is 0 Å². The van der Waals surface area contributed by atoms with Crippen molar-refractivity contribution in [1.82, 2.24) is 0 Å². The lowest BCUT2D eigenvalue weighted by molar-refractivity contribution is 0.103. The van der Waals surface area contributed by atoms with Gasteiger partial charge in [-0.05, 0) is 42.7 Å². The standard InChI is InChI=1S/C25H25NO.C3H8/c1-4-5-16-26-17-10-6-7-11-20(3)23-18-21(14-15-24(23)26)25(27)22-13-9-8-12-19(22)2;1-3-2/h4,6-15,18H,1,3,5,16-17H2,2H3;3H2,1-2H3/b10-6-,11-7-;. The molecule has 2 aromatic carbocycles. The molecule has 0 saturated carbocycles. The normalized spacial score (nSPS) is 14.9. The molecule has 1 aliphatic rings. The molecule has 0 aromatic heterocycles. The smallest absolute Gasteiger partial charge is 0.193 e. The average molecular weight is 400 g/mol. The van der Waals surface area contributed by atoms with Crippen molar-refractivity contribution >= 4 is 17.0 Å². The molecule has 2 aromatic rings. The summed E-state index contributed by atoms with van der Waals surface area (Å²) in [7, 11) is 0. The first-order chi connectivity index (χ1) is 14.5. The second kappa shape index (κ2) is 11.8. The molecule has 3 rings (SSSR count). The second-order valence-electron chi connectivity index (χ2n) is 7.42. The van der Waals surface area contributed by atoms with Crippen LogP contribution in [0.4, 0.5) is 5.69 Å². The van der Waals surface area contributed by atoms with Gasteiger partial charge >= 0.3 is 0 Å². The van der Waals surface area contributed by atoms with Crippen LogP contribution in [-0.2, 0) is 0 Å². The highest BCUT2D eigenvalue weighted by Crippen LogP contribution is 2.30. The largest absolute Gasteiger partial charge is 0.367 e. The maximum absolute atomic E-state index is 13.0. The molecule has 1 heterocycles. The van der Waals surface area contributed by atoms with Crippen LogP contribution in [0.1, 0.15) is 53.7 Å². The topological polar surface area (TPSA) is 20.3 Å². The van der Waals surface area contributed by atoms with E-state index in [1.165, 1.54) is 6.42 Å². The van der Waals surface area contributed by atoms with Crippen LogP contribution in [-0.4, -0.2) is 18.9 Å². The third-order valence-corrected chi connectivity index (χ3v) is 4.81. The van der Waals surface area contributed by atoms with Gasteiger partial charge in [0.05, 0.1) is 0 Å². The number of anilines is 1. The Morgan fingerprint density at radius 2 is 1.87 bits per heavy atom. The number of carbonyl (C=O) groups is 1. The molecule has 0 fully saturated rings. The Morgan fingerprint density at radius 1 is 1.13 bits per heavy atom. The van der Waals surface area contributed by atoms with E-state index in [-0.39, 0.29) is 5.78 Å². The zero-order valence-electron chi connectivity index (χ0n) is 18.5. The van der Waals surface area contributed by atoms with Crippen molar-refractivity contribution in [2.45, 2.75) is 33.6 Å². The minimum Gasteiger partial charge on any atom is -0.367 e. The molecule has 0 saturated heterocycles. The van der Waals surface area contributed by atoms with Crippen LogP contribution in [0.3, 0.4) is 0 Å². The summed E-state index contributed by atoms with van der Waals surface area (Å²) < 4.78 is 0. The van der Waals surface area contributed by atoms with Crippen LogP contribution >= 0.6 is 0 Å². The monoisotopic (exact) mass is 399 g/mol. The highest BCUT2D eigenvalue weighted by molar-refractivity contribution is 6.10. The van der Waals surface area contributed by atoms with Gasteiger partial charge in [0, 0.05) is 35.5 Å². The zero-order valence-corrected chi connectivity index (χ0v) is 18.5. The Labute approximate surface area is 181 Å².